The summed E-state index contributed by atoms with van der Waals surface area (Å²) in [6.07, 6.45) is 8.78. The molecule has 0 saturated heterocycles. The molecular weight excluding hydrogens is 532 g/mol. The van der Waals surface area contributed by atoms with Gasteiger partial charge in [0.15, 0.2) is 0 Å². The summed E-state index contributed by atoms with van der Waals surface area (Å²) in [7, 11) is 0. The van der Waals surface area contributed by atoms with Gasteiger partial charge in [-0.1, -0.05) is 127 Å². The summed E-state index contributed by atoms with van der Waals surface area (Å²) in [6.45, 7) is 4.20. The maximum Gasteiger partial charge on any atom is 0.0541 e. The van der Waals surface area contributed by atoms with Crippen LogP contribution in [0, 0.1) is 6.92 Å². The Bertz CT molecular complexity index is 1760. The second-order valence-corrected chi connectivity index (χ2v) is 10.7. The van der Waals surface area contributed by atoms with Crippen LogP contribution in [0.4, 0.5) is 34.1 Å². The Hall–Kier alpha value is -5.60. The van der Waals surface area contributed by atoms with Crippen molar-refractivity contribution in [1.82, 2.24) is 0 Å². The van der Waals surface area contributed by atoms with Crippen molar-refractivity contribution in [2.24, 2.45) is 0 Å². The van der Waals surface area contributed by atoms with Gasteiger partial charge in [0.2, 0.25) is 0 Å². The average molecular weight is 569 g/mol. The van der Waals surface area contributed by atoms with E-state index in [1.54, 1.807) is 0 Å². The van der Waals surface area contributed by atoms with E-state index >= 15 is 0 Å². The van der Waals surface area contributed by atoms with Gasteiger partial charge in [0.25, 0.3) is 0 Å². The first-order chi connectivity index (χ1) is 21.7. The molecule has 2 heteroatoms. The van der Waals surface area contributed by atoms with E-state index in [1.165, 1.54) is 5.56 Å². The van der Waals surface area contributed by atoms with E-state index in [4.69, 9.17) is 0 Å². The molecule has 0 N–H and O–H groups in total. The van der Waals surface area contributed by atoms with Gasteiger partial charge in [0.1, 0.15) is 0 Å². The zero-order chi connectivity index (χ0) is 30.1. The maximum absolute atomic E-state index is 2.35. The largest absolute Gasteiger partial charge is 0.310 e. The van der Waals surface area contributed by atoms with Crippen LogP contribution in [0.5, 0.6) is 0 Å². The SMILES string of the molecule is CC=Cc1cc(N(c2ccccc2)c2ccccc2)c(C=Cc2ccc(C)cc2)cc1N(c1ccccc1)c1ccccc1. The van der Waals surface area contributed by atoms with Gasteiger partial charge in [-0.15, -0.1) is 0 Å². The molecule has 6 aromatic carbocycles. The van der Waals surface area contributed by atoms with Gasteiger partial charge in [-0.3, -0.25) is 0 Å². The number of benzene rings is 6. The molecular formula is C42H36N2. The normalized spacial score (nSPS) is 11.2. The molecule has 0 saturated carbocycles. The van der Waals surface area contributed by atoms with E-state index in [-0.39, 0.29) is 0 Å². The number of hydrogen-bond donors (Lipinski definition) is 0. The third-order valence-electron chi connectivity index (χ3n) is 7.59. The molecule has 0 amide bonds. The average Bonchev–Trinajstić information content (AvgIpc) is 3.08. The molecule has 0 unspecified atom stereocenters. The first-order valence-corrected chi connectivity index (χ1v) is 15.1. The van der Waals surface area contributed by atoms with Gasteiger partial charge in [-0.2, -0.15) is 0 Å². The van der Waals surface area contributed by atoms with Crippen molar-refractivity contribution < 1.29 is 0 Å². The predicted octanol–water partition coefficient (Wildman–Crippen LogP) is 12.1. The molecule has 0 aliphatic heterocycles. The summed E-state index contributed by atoms with van der Waals surface area (Å²) in [5.74, 6) is 0. The maximum atomic E-state index is 2.35. The number of aryl methyl sites for hydroxylation is 1. The highest BCUT2D eigenvalue weighted by molar-refractivity contribution is 5.92. The lowest BCUT2D eigenvalue weighted by Crippen LogP contribution is -2.15. The van der Waals surface area contributed by atoms with Crippen molar-refractivity contribution in [3.05, 3.63) is 186 Å². The van der Waals surface area contributed by atoms with Crippen LogP contribution in [0.3, 0.4) is 0 Å². The zero-order valence-electron chi connectivity index (χ0n) is 25.2. The number of rotatable bonds is 9. The molecule has 0 spiro atoms. The van der Waals surface area contributed by atoms with Gasteiger partial charge in [-0.25, -0.2) is 0 Å². The lowest BCUT2D eigenvalue weighted by molar-refractivity contribution is 1.24. The second kappa shape index (κ2) is 13.6. The molecule has 0 heterocycles. The first-order valence-electron chi connectivity index (χ1n) is 15.1. The number of anilines is 6. The van der Waals surface area contributed by atoms with Gasteiger partial charge >= 0.3 is 0 Å². The molecule has 0 aliphatic rings. The van der Waals surface area contributed by atoms with Crippen LogP contribution in [0.25, 0.3) is 18.2 Å². The van der Waals surface area contributed by atoms with Gasteiger partial charge in [-0.05, 0) is 80.1 Å². The lowest BCUT2D eigenvalue weighted by atomic mass is 10.00. The quantitative estimate of drug-likeness (QED) is 0.160. The van der Waals surface area contributed by atoms with E-state index in [0.717, 1.165) is 50.8 Å². The van der Waals surface area contributed by atoms with Gasteiger partial charge < -0.3 is 9.80 Å². The van der Waals surface area contributed by atoms with Crippen LogP contribution < -0.4 is 9.80 Å². The van der Waals surface area contributed by atoms with Crippen LogP contribution in [0.15, 0.2) is 164 Å². The third kappa shape index (κ3) is 6.40. The van der Waals surface area contributed by atoms with Gasteiger partial charge in [0, 0.05) is 33.9 Å². The third-order valence-corrected chi connectivity index (χ3v) is 7.59. The Morgan fingerprint density at radius 1 is 0.409 bits per heavy atom. The highest BCUT2D eigenvalue weighted by atomic mass is 15.2. The summed E-state index contributed by atoms with van der Waals surface area (Å²) in [4.78, 5) is 4.69. The van der Waals surface area contributed by atoms with Crippen LogP contribution >= 0.6 is 0 Å². The lowest BCUT2D eigenvalue weighted by Gasteiger charge is -2.31. The molecule has 6 rings (SSSR count). The van der Waals surface area contributed by atoms with Crippen molar-refractivity contribution >= 4 is 52.4 Å². The topological polar surface area (TPSA) is 6.48 Å². The van der Waals surface area contributed by atoms with E-state index in [0.29, 0.717) is 0 Å². The smallest absolute Gasteiger partial charge is 0.0541 e. The standard InChI is InChI=1S/C42H36N2/c1-3-16-35-31-42(44(39-21-12-6-13-22-39)40-23-14-7-15-24-40)36(30-29-34-27-25-33(2)26-28-34)32-41(35)43(37-17-8-4-9-18-37)38-19-10-5-11-20-38/h3-32H,1-2H3. The second-order valence-electron chi connectivity index (χ2n) is 10.7. The van der Waals surface area contributed by atoms with Crippen LogP contribution in [0.1, 0.15) is 29.2 Å². The summed E-state index contributed by atoms with van der Waals surface area (Å²) in [5.41, 5.74) is 11.3. The van der Waals surface area contributed by atoms with Crippen molar-refractivity contribution in [2.45, 2.75) is 13.8 Å². The number of hydrogen-bond acceptors (Lipinski definition) is 2. The fourth-order valence-electron chi connectivity index (χ4n) is 5.47. The zero-order valence-corrected chi connectivity index (χ0v) is 25.2. The monoisotopic (exact) mass is 568 g/mol. The number of allylic oxidation sites excluding steroid dienone is 1. The fraction of sp³-hybridized carbons (Fsp3) is 0.0476. The summed E-state index contributed by atoms with van der Waals surface area (Å²) in [6, 6.07) is 55.7. The Labute approximate surface area is 261 Å². The fourth-order valence-corrected chi connectivity index (χ4v) is 5.47. The Morgan fingerprint density at radius 2 is 0.773 bits per heavy atom. The predicted molar refractivity (Wildman–Crippen MR) is 191 cm³/mol. The van der Waals surface area contributed by atoms with E-state index in [2.05, 4.69) is 206 Å². The molecule has 214 valence electrons. The molecule has 6 aromatic rings. The van der Waals surface area contributed by atoms with Crippen LogP contribution in [-0.2, 0) is 0 Å². The van der Waals surface area contributed by atoms with Crippen molar-refractivity contribution in [1.29, 1.82) is 0 Å². The highest BCUT2D eigenvalue weighted by Crippen LogP contribution is 2.44. The van der Waals surface area contributed by atoms with Crippen molar-refractivity contribution in [2.75, 3.05) is 9.80 Å². The molecule has 0 fully saturated rings. The van der Waals surface area contributed by atoms with E-state index in [1.807, 2.05) is 0 Å². The first kappa shape index (κ1) is 28.5. The highest BCUT2D eigenvalue weighted by Gasteiger charge is 2.21. The summed E-state index contributed by atoms with van der Waals surface area (Å²) >= 11 is 0. The number of para-hydroxylation sites is 4. The molecule has 0 aliphatic carbocycles. The molecule has 44 heavy (non-hydrogen) atoms. The molecule has 2 nitrogen and oxygen atoms in total. The Balaban J connectivity index is 1.63. The minimum absolute atomic E-state index is 1.10. The Morgan fingerprint density at radius 3 is 1.14 bits per heavy atom. The van der Waals surface area contributed by atoms with Crippen molar-refractivity contribution in [3.63, 3.8) is 0 Å². The molecule has 0 bridgehead atoms. The number of nitrogens with zero attached hydrogens (tertiary/aromatic N) is 2. The minimum atomic E-state index is 1.10. The van der Waals surface area contributed by atoms with E-state index in [9.17, 15) is 0 Å². The van der Waals surface area contributed by atoms with Crippen LogP contribution in [-0.4, -0.2) is 0 Å². The van der Waals surface area contributed by atoms with E-state index < -0.39 is 0 Å². The van der Waals surface area contributed by atoms with Gasteiger partial charge in [0.05, 0.1) is 11.4 Å². The summed E-state index contributed by atoms with van der Waals surface area (Å²) in [5, 5.41) is 0. The van der Waals surface area contributed by atoms with Crippen LogP contribution in [0.2, 0.25) is 0 Å². The molecule has 0 atom stereocenters. The molecule has 0 aromatic heterocycles. The molecule has 0 radical (unpaired) electrons. The summed E-state index contributed by atoms with van der Waals surface area (Å²) < 4.78 is 0. The minimum Gasteiger partial charge on any atom is -0.310 e. The van der Waals surface area contributed by atoms with Crippen molar-refractivity contribution in [3.8, 4) is 0 Å². The Kier molecular flexibility index (Phi) is 8.80.